The monoisotopic (exact) mass is 521 g/mol. The van der Waals surface area contributed by atoms with E-state index in [1.165, 1.54) is 18.6 Å². The zero-order valence-electron chi connectivity index (χ0n) is 22.3. The van der Waals surface area contributed by atoms with Crippen molar-refractivity contribution in [2.75, 3.05) is 18.6 Å². The summed E-state index contributed by atoms with van der Waals surface area (Å²) >= 11 is 1.58. The highest BCUT2D eigenvalue weighted by Crippen LogP contribution is 2.27. The number of nitrogens with one attached hydrogen (secondary N) is 2. The SMILES string of the molecule is CCCN(C(=O)C(CCSC)NC(=O)OC(C)(C)C)C(C(=O)NC1CCCCC1)c1ccc(O)cc1. The van der Waals surface area contributed by atoms with Gasteiger partial charge in [0.15, 0.2) is 0 Å². The fourth-order valence-corrected chi connectivity index (χ4v) is 4.88. The van der Waals surface area contributed by atoms with Crippen LogP contribution in [0.2, 0.25) is 0 Å². The summed E-state index contributed by atoms with van der Waals surface area (Å²) < 4.78 is 5.41. The third kappa shape index (κ3) is 9.56. The number of thioether (sulfide) groups is 1. The first-order valence-corrected chi connectivity index (χ1v) is 14.3. The number of rotatable bonds is 11. The van der Waals surface area contributed by atoms with Gasteiger partial charge in [-0.05, 0) is 76.2 Å². The van der Waals surface area contributed by atoms with Gasteiger partial charge in [0, 0.05) is 12.6 Å². The molecule has 8 nitrogen and oxygen atoms in total. The van der Waals surface area contributed by atoms with Crippen molar-refractivity contribution in [2.45, 2.75) is 96.4 Å². The van der Waals surface area contributed by atoms with Crippen LogP contribution in [0.1, 0.15) is 84.2 Å². The van der Waals surface area contributed by atoms with Crippen LogP contribution in [0.25, 0.3) is 0 Å². The van der Waals surface area contributed by atoms with Gasteiger partial charge in [0.1, 0.15) is 23.4 Å². The highest BCUT2D eigenvalue weighted by atomic mass is 32.2. The molecule has 2 unspecified atom stereocenters. The van der Waals surface area contributed by atoms with Crippen molar-refractivity contribution in [1.82, 2.24) is 15.5 Å². The van der Waals surface area contributed by atoms with Gasteiger partial charge < -0.3 is 25.4 Å². The Morgan fingerprint density at radius 2 is 1.78 bits per heavy atom. The Labute approximate surface area is 219 Å². The van der Waals surface area contributed by atoms with E-state index >= 15 is 0 Å². The minimum Gasteiger partial charge on any atom is -0.508 e. The Morgan fingerprint density at radius 3 is 2.33 bits per heavy atom. The number of hydrogen-bond acceptors (Lipinski definition) is 6. The van der Waals surface area contributed by atoms with Crippen LogP contribution in [0, 0.1) is 0 Å². The summed E-state index contributed by atoms with van der Waals surface area (Å²) in [6.45, 7) is 7.60. The molecule has 0 heterocycles. The Balaban J connectivity index is 2.38. The van der Waals surface area contributed by atoms with E-state index < -0.39 is 23.8 Å². The molecule has 2 atom stereocenters. The number of phenolic OH excluding ortho intramolecular Hbond substituents is 1. The summed E-state index contributed by atoms with van der Waals surface area (Å²) in [4.78, 5) is 41.8. The van der Waals surface area contributed by atoms with Gasteiger partial charge in [0.25, 0.3) is 0 Å². The molecule has 9 heteroatoms. The molecule has 1 saturated carbocycles. The first kappa shape index (κ1) is 29.8. The average molecular weight is 522 g/mol. The number of aromatic hydroxyl groups is 1. The van der Waals surface area contributed by atoms with E-state index in [9.17, 15) is 19.5 Å². The van der Waals surface area contributed by atoms with Crippen molar-refractivity contribution in [2.24, 2.45) is 0 Å². The van der Waals surface area contributed by atoms with Crippen LogP contribution >= 0.6 is 11.8 Å². The van der Waals surface area contributed by atoms with E-state index in [1.807, 2.05) is 13.2 Å². The molecular formula is C27H43N3O5S. The summed E-state index contributed by atoms with van der Waals surface area (Å²) in [7, 11) is 0. The van der Waals surface area contributed by atoms with E-state index in [1.54, 1.807) is 49.6 Å². The predicted octanol–water partition coefficient (Wildman–Crippen LogP) is 4.77. The van der Waals surface area contributed by atoms with Crippen molar-refractivity contribution in [3.05, 3.63) is 29.8 Å². The molecule has 0 saturated heterocycles. The lowest BCUT2D eigenvalue weighted by Crippen LogP contribution is -2.54. The second kappa shape index (κ2) is 14.4. The van der Waals surface area contributed by atoms with Crippen LogP contribution in [0.4, 0.5) is 4.79 Å². The number of hydrogen-bond donors (Lipinski definition) is 3. The van der Waals surface area contributed by atoms with Gasteiger partial charge in [0.05, 0.1) is 0 Å². The molecule has 1 aliphatic carbocycles. The molecule has 0 aliphatic heterocycles. The van der Waals surface area contributed by atoms with Crippen molar-refractivity contribution in [3.63, 3.8) is 0 Å². The number of ether oxygens (including phenoxy) is 1. The highest BCUT2D eigenvalue weighted by molar-refractivity contribution is 7.98. The molecule has 1 aromatic rings. The Kier molecular flexibility index (Phi) is 11.9. The molecule has 1 aromatic carbocycles. The predicted molar refractivity (Wildman–Crippen MR) is 144 cm³/mol. The number of carbonyl (C=O) groups excluding carboxylic acids is 3. The molecule has 2 rings (SSSR count). The Hall–Kier alpha value is -2.42. The number of nitrogens with zero attached hydrogens (tertiary/aromatic N) is 1. The molecule has 3 N–H and O–H groups in total. The molecule has 202 valence electrons. The standard InChI is InChI=1S/C27H43N3O5S/c1-6-17-30(25(33)22(16-18-36-5)29-26(34)35-27(2,3)4)23(19-12-14-21(31)15-13-19)24(32)28-20-10-8-7-9-11-20/h12-15,20,22-23,31H,6-11,16-18H2,1-5H3,(H,28,32)(H,29,34). The van der Waals surface area contributed by atoms with Gasteiger partial charge in [-0.2, -0.15) is 11.8 Å². The molecule has 1 aliphatic rings. The summed E-state index contributed by atoms with van der Waals surface area (Å²) in [5.74, 6) is 0.177. The van der Waals surface area contributed by atoms with Gasteiger partial charge in [-0.3, -0.25) is 9.59 Å². The second-order valence-electron chi connectivity index (χ2n) is 10.3. The smallest absolute Gasteiger partial charge is 0.408 e. The van der Waals surface area contributed by atoms with Gasteiger partial charge in [-0.15, -0.1) is 0 Å². The molecule has 0 radical (unpaired) electrons. The van der Waals surface area contributed by atoms with Crippen LogP contribution in [-0.4, -0.2) is 64.2 Å². The van der Waals surface area contributed by atoms with Gasteiger partial charge in [-0.1, -0.05) is 38.3 Å². The van der Waals surface area contributed by atoms with E-state index in [0.29, 0.717) is 30.7 Å². The van der Waals surface area contributed by atoms with Crippen LogP contribution in [0.3, 0.4) is 0 Å². The molecule has 1 fully saturated rings. The van der Waals surface area contributed by atoms with Gasteiger partial charge in [-0.25, -0.2) is 4.79 Å². The van der Waals surface area contributed by atoms with Gasteiger partial charge >= 0.3 is 6.09 Å². The fraction of sp³-hybridized carbons (Fsp3) is 0.667. The summed E-state index contributed by atoms with van der Waals surface area (Å²) in [6.07, 6.45) is 7.48. The molecule has 0 spiro atoms. The topological polar surface area (TPSA) is 108 Å². The first-order valence-electron chi connectivity index (χ1n) is 12.9. The van der Waals surface area contributed by atoms with E-state index in [4.69, 9.17) is 4.74 Å². The second-order valence-corrected chi connectivity index (χ2v) is 11.3. The fourth-order valence-electron chi connectivity index (χ4n) is 4.41. The van der Waals surface area contributed by atoms with Crippen molar-refractivity contribution in [1.29, 1.82) is 0 Å². The Bertz CT molecular complexity index is 850. The lowest BCUT2D eigenvalue weighted by Gasteiger charge is -2.35. The van der Waals surface area contributed by atoms with Crippen LogP contribution in [0.15, 0.2) is 24.3 Å². The maximum Gasteiger partial charge on any atom is 0.408 e. The third-order valence-corrected chi connectivity index (χ3v) is 6.71. The number of carbonyl (C=O) groups is 3. The van der Waals surface area contributed by atoms with Crippen LogP contribution in [0.5, 0.6) is 5.75 Å². The third-order valence-electron chi connectivity index (χ3n) is 6.07. The van der Waals surface area contributed by atoms with Gasteiger partial charge in [0.2, 0.25) is 11.8 Å². The van der Waals surface area contributed by atoms with Crippen LogP contribution < -0.4 is 10.6 Å². The van der Waals surface area contributed by atoms with Crippen LogP contribution in [-0.2, 0) is 14.3 Å². The highest BCUT2D eigenvalue weighted by Gasteiger charge is 2.36. The zero-order valence-corrected chi connectivity index (χ0v) is 23.2. The lowest BCUT2D eigenvalue weighted by molar-refractivity contribution is -0.143. The maximum atomic E-state index is 13.9. The normalized spacial score (nSPS) is 16.0. The first-order chi connectivity index (χ1) is 17.1. The lowest BCUT2D eigenvalue weighted by atomic mass is 9.94. The Morgan fingerprint density at radius 1 is 1.14 bits per heavy atom. The average Bonchev–Trinajstić information content (AvgIpc) is 2.81. The minimum absolute atomic E-state index is 0.0802. The number of phenols is 1. The summed E-state index contributed by atoms with van der Waals surface area (Å²) in [6, 6.07) is 4.77. The summed E-state index contributed by atoms with van der Waals surface area (Å²) in [5, 5.41) is 15.7. The van der Waals surface area contributed by atoms with E-state index in [2.05, 4.69) is 10.6 Å². The zero-order chi connectivity index (χ0) is 26.7. The maximum absolute atomic E-state index is 13.9. The van der Waals surface area contributed by atoms with Crippen molar-refractivity contribution < 1.29 is 24.2 Å². The number of benzene rings is 1. The number of alkyl carbamates (subject to hydrolysis) is 1. The number of amides is 3. The quantitative estimate of drug-likeness (QED) is 0.387. The molecule has 36 heavy (non-hydrogen) atoms. The molecular weight excluding hydrogens is 478 g/mol. The molecule has 3 amide bonds. The van der Waals surface area contributed by atoms with E-state index in [0.717, 1.165) is 25.7 Å². The van der Waals surface area contributed by atoms with Crippen molar-refractivity contribution >= 4 is 29.7 Å². The van der Waals surface area contributed by atoms with Crippen molar-refractivity contribution in [3.8, 4) is 5.75 Å². The largest absolute Gasteiger partial charge is 0.508 e. The molecule has 0 bridgehead atoms. The minimum atomic E-state index is -0.878. The molecule has 0 aromatic heterocycles. The van der Waals surface area contributed by atoms with E-state index in [-0.39, 0.29) is 23.6 Å². The summed E-state index contributed by atoms with van der Waals surface area (Å²) in [5.41, 5.74) is -0.0850.